The van der Waals surface area contributed by atoms with Crippen LogP contribution in [0.1, 0.15) is 32.1 Å². The molecule has 0 radical (unpaired) electrons. The lowest BCUT2D eigenvalue weighted by Crippen LogP contribution is -2.30. The van der Waals surface area contributed by atoms with Crippen molar-refractivity contribution in [3.8, 4) is 0 Å². The first-order valence-electron chi connectivity index (χ1n) is 10.4. The first kappa shape index (κ1) is 26.4. The van der Waals surface area contributed by atoms with E-state index < -0.39 is 27.7 Å². The SMILES string of the molecule is Cc1sc(N(Cc2ccc(Cl)cc2)Cc2csc3cc(C(F)(F)F)ccc23)nc1C(=O)NS(C)(=O)=O. The fourth-order valence-electron chi connectivity index (χ4n) is 3.53. The number of carbonyl (C=O) groups excluding carboxylic acids is 1. The minimum absolute atomic E-state index is 0.00785. The summed E-state index contributed by atoms with van der Waals surface area (Å²) in [5.41, 5.74) is 0.978. The van der Waals surface area contributed by atoms with E-state index in [-0.39, 0.29) is 5.69 Å². The summed E-state index contributed by atoms with van der Waals surface area (Å²) in [5, 5.41) is 3.53. The molecule has 0 aliphatic carbocycles. The van der Waals surface area contributed by atoms with Crippen LogP contribution >= 0.6 is 34.3 Å². The summed E-state index contributed by atoms with van der Waals surface area (Å²) in [6.07, 6.45) is -3.55. The number of aryl methyl sites for hydroxylation is 1. The molecule has 0 atom stereocenters. The third-order valence-electron chi connectivity index (χ3n) is 5.18. The number of amides is 1. The van der Waals surface area contributed by atoms with Crippen molar-refractivity contribution in [1.82, 2.24) is 9.71 Å². The Morgan fingerprint density at radius 3 is 2.47 bits per heavy atom. The zero-order valence-electron chi connectivity index (χ0n) is 18.9. The van der Waals surface area contributed by atoms with Gasteiger partial charge in [-0.3, -0.25) is 4.79 Å². The van der Waals surface area contributed by atoms with Crippen LogP contribution in [-0.2, 0) is 29.3 Å². The molecule has 0 saturated heterocycles. The Kier molecular flexibility index (Phi) is 7.33. The number of nitrogens with zero attached hydrogens (tertiary/aromatic N) is 2. The highest BCUT2D eigenvalue weighted by Crippen LogP contribution is 2.36. The van der Waals surface area contributed by atoms with Crippen molar-refractivity contribution in [3.05, 3.63) is 80.1 Å². The van der Waals surface area contributed by atoms with Crippen LogP contribution in [0.5, 0.6) is 0 Å². The number of thiazole rings is 1. The summed E-state index contributed by atoms with van der Waals surface area (Å²) in [4.78, 5) is 19.3. The molecule has 36 heavy (non-hydrogen) atoms. The number of carbonyl (C=O) groups is 1. The molecule has 0 aliphatic heterocycles. The number of rotatable bonds is 7. The molecule has 0 unspecified atom stereocenters. The molecule has 6 nitrogen and oxygen atoms in total. The second kappa shape index (κ2) is 10.0. The molecule has 2 aromatic carbocycles. The molecule has 0 fully saturated rings. The summed E-state index contributed by atoms with van der Waals surface area (Å²) in [7, 11) is -3.77. The average molecular weight is 574 g/mol. The minimum Gasteiger partial charge on any atom is -0.339 e. The second-order valence-electron chi connectivity index (χ2n) is 8.06. The van der Waals surface area contributed by atoms with Crippen molar-refractivity contribution in [2.24, 2.45) is 0 Å². The van der Waals surface area contributed by atoms with Gasteiger partial charge in [-0.25, -0.2) is 18.1 Å². The van der Waals surface area contributed by atoms with Crippen LogP contribution in [0.15, 0.2) is 47.8 Å². The Hall–Kier alpha value is -2.67. The standard InChI is InChI=1S/C23H19ClF3N3O3S3/c1-13-20(21(31)29-36(2,32)33)28-22(35-13)30(10-14-3-6-17(24)7-4-14)11-15-12-34-19-9-16(23(25,26)27)5-8-18(15)19/h3-9,12H,10-11H2,1-2H3,(H,29,31). The Balaban J connectivity index is 1.70. The number of nitrogens with one attached hydrogen (secondary N) is 1. The number of hydrogen-bond acceptors (Lipinski definition) is 7. The Morgan fingerprint density at radius 1 is 1.14 bits per heavy atom. The number of alkyl halides is 3. The molecule has 4 rings (SSSR count). The van der Waals surface area contributed by atoms with Gasteiger partial charge in [-0.2, -0.15) is 13.2 Å². The highest BCUT2D eigenvalue weighted by molar-refractivity contribution is 7.89. The molecule has 13 heteroatoms. The van der Waals surface area contributed by atoms with Crippen LogP contribution in [0.2, 0.25) is 5.02 Å². The molecule has 0 spiro atoms. The van der Waals surface area contributed by atoms with Crippen LogP contribution in [0.25, 0.3) is 10.1 Å². The molecular formula is C23H19ClF3N3O3S3. The number of hydrogen-bond donors (Lipinski definition) is 1. The van der Waals surface area contributed by atoms with Gasteiger partial charge < -0.3 is 4.90 Å². The van der Waals surface area contributed by atoms with Crippen LogP contribution in [0.3, 0.4) is 0 Å². The second-order valence-corrected chi connectivity index (χ2v) is 12.3. The molecule has 190 valence electrons. The van der Waals surface area contributed by atoms with Gasteiger partial charge in [0.15, 0.2) is 5.13 Å². The van der Waals surface area contributed by atoms with Gasteiger partial charge in [0.25, 0.3) is 5.91 Å². The predicted molar refractivity (Wildman–Crippen MR) is 137 cm³/mol. The summed E-state index contributed by atoms with van der Waals surface area (Å²) in [6.45, 7) is 2.33. The maximum Gasteiger partial charge on any atom is 0.416 e. The minimum atomic E-state index is -4.43. The van der Waals surface area contributed by atoms with Gasteiger partial charge in [-0.1, -0.05) is 29.8 Å². The van der Waals surface area contributed by atoms with Gasteiger partial charge >= 0.3 is 6.18 Å². The van der Waals surface area contributed by atoms with Crippen molar-refractivity contribution < 1.29 is 26.4 Å². The van der Waals surface area contributed by atoms with Crippen molar-refractivity contribution in [2.45, 2.75) is 26.2 Å². The zero-order chi connectivity index (χ0) is 26.3. The predicted octanol–water partition coefficient (Wildman–Crippen LogP) is 6.23. The number of sulfonamides is 1. The third-order valence-corrected chi connectivity index (χ3v) is 8.01. The van der Waals surface area contributed by atoms with E-state index in [1.807, 2.05) is 21.8 Å². The lowest BCUT2D eigenvalue weighted by molar-refractivity contribution is -0.137. The smallest absolute Gasteiger partial charge is 0.339 e. The molecule has 0 saturated carbocycles. The van der Waals surface area contributed by atoms with Gasteiger partial charge in [-0.15, -0.1) is 22.7 Å². The van der Waals surface area contributed by atoms with Gasteiger partial charge in [-0.05, 0) is 53.1 Å². The molecule has 1 N–H and O–H groups in total. The van der Waals surface area contributed by atoms with Crippen molar-refractivity contribution in [3.63, 3.8) is 0 Å². The number of thiophene rings is 1. The van der Waals surface area contributed by atoms with E-state index in [0.29, 0.717) is 38.2 Å². The maximum atomic E-state index is 13.1. The number of halogens is 4. The lowest BCUT2D eigenvalue weighted by atomic mass is 10.1. The molecule has 4 aromatic rings. The van der Waals surface area contributed by atoms with Crippen molar-refractivity contribution in [1.29, 1.82) is 0 Å². The highest BCUT2D eigenvalue weighted by Gasteiger charge is 2.31. The molecule has 2 aromatic heterocycles. The van der Waals surface area contributed by atoms with Crippen molar-refractivity contribution in [2.75, 3.05) is 11.2 Å². The zero-order valence-corrected chi connectivity index (χ0v) is 22.1. The van der Waals surface area contributed by atoms with E-state index in [9.17, 15) is 26.4 Å². The van der Waals surface area contributed by atoms with Gasteiger partial charge in [0, 0.05) is 27.7 Å². The lowest BCUT2D eigenvalue weighted by Gasteiger charge is -2.22. The number of aromatic nitrogens is 1. The normalized spacial score (nSPS) is 12.2. The molecular weight excluding hydrogens is 555 g/mol. The van der Waals surface area contributed by atoms with E-state index >= 15 is 0 Å². The van der Waals surface area contributed by atoms with Gasteiger partial charge in [0.2, 0.25) is 10.0 Å². The number of benzene rings is 2. The fraction of sp³-hybridized carbons (Fsp3) is 0.217. The maximum absolute atomic E-state index is 13.1. The van der Waals surface area contributed by atoms with E-state index in [0.717, 1.165) is 29.5 Å². The molecule has 0 aliphatic rings. The van der Waals surface area contributed by atoms with Crippen LogP contribution in [-0.4, -0.2) is 25.6 Å². The largest absolute Gasteiger partial charge is 0.416 e. The monoisotopic (exact) mass is 573 g/mol. The topological polar surface area (TPSA) is 79.4 Å². The average Bonchev–Trinajstić information content (AvgIpc) is 3.36. The van der Waals surface area contributed by atoms with Crippen LogP contribution < -0.4 is 9.62 Å². The highest BCUT2D eigenvalue weighted by atomic mass is 35.5. The summed E-state index contributed by atoms with van der Waals surface area (Å²) in [5.74, 6) is -0.829. The number of fused-ring (bicyclic) bond motifs is 1. The van der Waals surface area contributed by atoms with Crippen LogP contribution in [0.4, 0.5) is 18.3 Å². The van der Waals surface area contributed by atoms with Gasteiger partial charge in [0.05, 0.1) is 11.8 Å². The van der Waals surface area contributed by atoms with Crippen LogP contribution in [0, 0.1) is 6.92 Å². The first-order valence-corrected chi connectivity index (χ1v) is 14.3. The Labute approximate surface area is 218 Å². The Morgan fingerprint density at radius 2 is 1.83 bits per heavy atom. The van der Waals surface area contributed by atoms with E-state index in [2.05, 4.69) is 4.98 Å². The summed E-state index contributed by atoms with van der Waals surface area (Å²) >= 11 is 8.44. The van der Waals surface area contributed by atoms with Crippen molar-refractivity contribution >= 4 is 65.4 Å². The van der Waals surface area contributed by atoms with Gasteiger partial charge in [0.1, 0.15) is 5.69 Å². The first-order chi connectivity index (χ1) is 16.8. The Bertz CT molecular complexity index is 1530. The number of anilines is 1. The van der Waals surface area contributed by atoms with E-state index in [1.54, 1.807) is 24.4 Å². The molecule has 2 heterocycles. The molecule has 1 amide bonds. The third kappa shape index (κ3) is 6.17. The van der Waals surface area contributed by atoms with E-state index in [4.69, 9.17) is 11.6 Å². The quantitative estimate of drug-likeness (QED) is 0.283. The summed E-state index contributed by atoms with van der Waals surface area (Å²) in [6, 6.07) is 10.8. The van der Waals surface area contributed by atoms with E-state index in [1.165, 1.54) is 28.7 Å². The fourth-order valence-corrected chi connectivity index (χ4v) is 5.99. The molecule has 0 bridgehead atoms. The summed E-state index contributed by atoms with van der Waals surface area (Å²) < 4.78 is 64.9.